The first-order valence-electron chi connectivity index (χ1n) is 9.27. The average Bonchev–Trinajstić information content (AvgIpc) is 2.73. The highest BCUT2D eigenvalue weighted by Gasteiger charge is 2.25. The van der Waals surface area contributed by atoms with Crippen molar-refractivity contribution in [2.75, 3.05) is 44.3 Å². The SMILES string of the molecule is CC(=O)c1ccc(N2CCN(C(=O)c3ccc4c(c3)OCCO4)CC2)c(F)c1. The van der Waals surface area contributed by atoms with E-state index in [1.165, 1.54) is 13.0 Å². The summed E-state index contributed by atoms with van der Waals surface area (Å²) in [5.74, 6) is 0.573. The molecule has 7 heteroatoms. The molecule has 0 atom stereocenters. The van der Waals surface area contributed by atoms with Gasteiger partial charge >= 0.3 is 0 Å². The van der Waals surface area contributed by atoms with Crippen LogP contribution < -0.4 is 14.4 Å². The largest absolute Gasteiger partial charge is 0.486 e. The van der Waals surface area contributed by atoms with Gasteiger partial charge in [-0.25, -0.2) is 4.39 Å². The Hall–Kier alpha value is -3.09. The number of benzene rings is 2. The predicted molar refractivity (Wildman–Crippen MR) is 102 cm³/mol. The smallest absolute Gasteiger partial charge is 0.254 e. The molecule has 0 radical (unpaired) electrons. The Morgan fingerprint density at radius 2 is 1.57 bits per heavy atom. The van der Waals surface area contributed by atoms with Gasteiger partial charge in [0.25, 0.3) is 5.91 Å². The van der Waals surface area contributed by atoms with E-state index in [4.69, 9.17) is 9.47 Å². The molecule has 28 heavy (non-hydrogen) atoms. The Bertz CT molecular complexity index is 923. The molecule has 0 spiro atoms. The Morgan fingerprint density at radius 3 is 2.25 bits per heavy atom. The summed E-state index contributed by atoms with van der Waals surface area (Å²) in [5, 5.41) is 0. The fraction of sp³-hybridized carbons (Fsp3) is 0.333. The summed E-state index contributed by atoms with van der Waals surface area (Å²) in [6.07, 6.45) is 0. The molecule has 0 saturated carbocycles. The van der Waals surface area contributed by atoms with Crippen LogP contribution in [0, 0.1) is 5.82 Å². The third kappa shape index (κ3) is 3.52. The van der Waals surface area contributed by atoms with Gasteiger partial charge in [0.2, 0.25) is 0 Å². The van der Waals surface area contributed by atoms with Crippen LogP contribution in [-0.4, -0.2) is 56.0 Å². The van der Waals surface area contributed by atoms with Crippen molar-refractivity contribution in [3.05, 3.63) is 53.3 Å². The normalized spacial score (nSPS) is 16.1. The highest BCUT2D eigenvalue weighted by molar-refractivity contribution is 5.95. The Balaban J connectivity index is 1.43. The number of ether oxygens (including phenoxy) is 2. The number of piperazine rings is 1. The molecule has 2 heterocycles. The first kappa shape index (κ1) is 18.3. The van der Waals surface area contributed by atoms with Crippen molar-refractivity contribution in [1.29, 1.82) is 0 Å². The summed E-state index contributed by atoms with van der Waals surface area (Å²) < 4.78 is 25.4. The molecule has 4 rings (SSSR count). The second-order valence-electron chi connectivity index (χ2n) is 6.86. The second-order valence-corrected chi connectivity index (χ2v) is 6.86. The number of hydrogen-bond donors (Lipinski definition) is 0. The van der Waals surface area contributed by atoms with E-state index in [1.54, 1.807) is 35.2 Å². The maximum Gasteiger partial charge on any atom is 0.254 e. The van der Waals surface area contributed by atoms with Gasteiger partial charge in [0.1, 0.15) is 19.0 Å². The molecule has 0 unspecified atom stereocenters. The zero-order chi connectivity index (χ0) is 19.7. The van der Waals surface area contributed by atoms with Gasteiger partial charge in [-0.1, -0.05) is 0 Å². The number of rotatable bonds is 3. The van der Waals surface area contributed by atoms with Crippen LogP contribution in [0.15, 0.2) is 36.4 Å². The molecule has 2 aromatic rings. The zero-order valence-corrected chi connectivity index (χ0v) is 15.6. The third-order valence-corrected chi connectivity index (χ3v) is 5.05. The molecule has 1 saturated heterocycles. The van der Waals surface area contributed by atoms with Crippen molar-refractivity contribution in [2.24, 2.45) is 0 Å². The second kappa shape index (κ2) is 7.50. The minimum atomic E-state index is -0.417. The quantitative estimate of drug-likeness (QED) is 0.762. The van der Waals surface area contributed by atoms with Crippen molar-refractivity contribution < 1.29 is 23.5 Å². The van der Waals surface area contributed by atoms with E-state index in [9.17, 15) is 14.0 Å². The average molecular weight is 384 g/mol. The lowest BCUT2D eigenvalue weighted by atomic mass is 10.1. The summed E-state index contributed by atoms with van der Waals surface area (Å²) in [4.78, 5) is 27.9. The predicted octanol–water partition coefficient (Wildman–Crippen LogP) is 2.76. The molecular weight excluding hydrogens is 363 g/mol. The minimum Gasteiger partial charge on any atom is -0.486 e. The van der Waals surface area contributed by atoms with Gasteiger partial charge in [-0.05, 0) is 43.3 Å². The van der Waals surface area contributed by atoms with Crippen molar-refractivity contribution in [1.82, 2.24) is 4.90 Å². The highest BCUT2D eigenvalue weighted by atomic mass is 19.1. The monoisotopic (exact) mass is 384 g/mol. The van der Waals surface area contributed by atoms with E-state index in [0.717, 1.165) is 0 Å². The van der Waals surface area contributed by atoms with E-state index < -0.39 is 5.82 Å². The van der Waals surface area contributed by atoms with Crippen LogP contribution >= 0.6 is 0 Å². The van der Waals surface area contributed by atoms with Crippen LogP contribution in [0.2, 0.25) is 0 Å². The van der Waals surface area contributed by atoms with Gasteiger partial charge in [0, 0.05) is 37.3 Å². The van der Waals surface area contributed by atoms with Gasteiger partial charge in [-0.2, -0.15) is 0 Å². The van der Waals surface area contributed by atoms with Crippen LogP contribution in [0.1, 0.15) is 27.6 Å². The van der Waals surface area contributed by atoms with E-state index >= 15 is 0 Å². The van der Waals surface area contributed by atoms with Gasteiger partial charge in [-0.15, -0.1) is 0 Å². The lowest BCUT2D eigenvalue weighted by molar-refractivity contribution is 0.0745. The van der Waals surface area contributed by atoms with Gasteiger partial charge in [0.15, 0.2) is 17.3 Å². The van der Waals surface area contributed by atoms with Crippen LogP contribution in [0.25, 0.3) is 0 Å². The molecule has 1 fully saturated rings. The van der Waals surface area contributed by atoms with Crippen LogP contribution in [0.4, 0.5) is 10.1 Å². The van der Waals surface area contributed by atoms with Crippen LogP contribution in [-0.2, 0) is 0 Å². The lowest BCUT2D eigenvalue weighted by Gasteiger charge is -2.36. The van der Waals surface area contributed by atoms with Gasteiger partial charge in [0.05, 0.1) is 5.69 Å². The molecule has 2 aromatic carbocycles. The van der Waals surface area contributed by atoms with Crippen molar-refractivity contribution >= 4 is 17.4 Å². The number of carbonyl (C=O) groups is 2. The standard InChI is InChI=1S/C21H21FN2O4/c1-14(25)15-2-4-18(17(22)12-15)23-6-8-24(9-7-23)21(26)16-3-5-19-20(13-16)28-11-10-27-19/h2-5,12-13H,6-11H2,1H3. The number of amides is 1. The number of nitrogens with zero attached hydrogens (tertiary/aromatic N) is 2. The number of carbonyl (C=O) groups excluding carboxylic acids is 2. The van der Waals surface area contributed by atoms with Gasteiger partial charge in [-0.3, -0.25) is 9.59 Å². The molecule has 0 aliphatic carbocycles. The fourth-order valence-electron chi connectivity index (χ4n) is 3.49. The number of hydrogen-bond acceptors (Lipinski definition) is 5. The summed E-state index contributed by atoms with van der Waals surface area (Å²) in [6, 6.07) is 9.73. The van der Waals surface area contributed by atoms with Crippen LogP contribution in [0.5, 0.6) is 11.5 Å². The highest BCUT2D eigenvalue weighted by Crippen LogP contribution is 2.31. The number of halogens is 1. The van der Waals surface area contributed by atoms with E-state index in [1.807, 2.05) is 4.90 Å². The number of fused-ring (bicyclic) bond motifs is 1. The van der Waals surface area contributed by atoms with Gasteiger partial charge < -0.3 is 19.3 Å². The summed E-state index contributed by atoms with van der Waals surface area (Å²) in [7, 11) is 0. The maximum absolute atomic E-state index is 14.4. The lowest BCUT2D eigenvalue weighted by Crippen LogP contribution is -2.49. The molecule has 2 aliphatic rings. The zero-order valence-electron chi connectivity index (χ0n) is 15.6. The number of anilines is 1. The topological polar surface area (TPSA) is 59.1 Å². The number of Topliss-reactive ketones (excluding diaryl/α,β-unsaturated/α-hetero) is 1. The summed E-state index contributed by atoms with van der Waals surface area (Å²) in [5.41, 5.74) is 1.36. The van der Waals surface area contributed by atoms with Crippen molar-refractivity contribution in [3.8, 4) is 11.5 Å². The molecule has 0 bridgehead atoms. The Morgan fingerprint density at radius 1 is 0.893 bits per heavy atom. The number of ketones is 1. The minimum absolute atomic E-state index is 0.0796. The molecule has 1 amide bonds. The van der Waals surface area contributed by atoms with E-state index in [2.05, 4.69) is 0 Å². The first-order chi connectivity index (χ1) is 13.5. The molecule has 0 aromatic heterocycles. The summed E-state index contributed by atoms with van der Waals surface area (Å²) in [6.45, 7) is 4.40. The van der Waals surface area contributed by atoms with Crippen molar-refractivity contribution in [3.63, 3.8) is 0 Å². The molecular formula is C21H21FN2O4. The molecule has 6 nitrogen and oxygen atoms in total. The molecule has 146 valence electrons. The van der Waals surface area contributed by atoms with E-state index in [0.29, 0.717) is 67.7 Å². The fourth-order valence-corrected chi connectivity index (χ4v) is 3.49. The Kier molecular flexibility index (Phi) is 4.90. The Labute approximate surface area is 162 Å². The maximum atomic E-state index is 14.4. The van der Waals surface area contributed by atoms with Crippen LogP contribution in [0.3, 0.4) is 0 Å². The first-order valence-corrected chi connectivity index (χ1v) is 9.27. The third-order valence-electron chi connectivity index (χ3n) is 5.05. The van der Waals surface area contributed by atoms with Crippen molar-refractivity contribution in [2.45, 2.75) is 6.92 Å². The molecule has 2 aliphatic heterocycles. The molecule has 0 N–H and O–H groups in total. The van der Waals surface area contributed by atoms with E-state index in [-0.39, 0.29) is 11.7 Å². The summed E-state index contributed by atoms with van der Waals surface area (Å²) >= 11 is 0.